The number of nitrogens with two attached hydrogens (primary N) is 1. The molecule has 0 aliphatic heterocycles. The minimum atomic E-state index is -0.549. The van der Waals surface area contributed by atoms with E-state index in [1.165, 1.54) is 0 Å². The molecule has 2 N–H and O–H groups in total. The minimum absolute atomic E-state index is 0.234. The van der Waals surface area contributed by atoms with Crippen LogP contribution in [0.4, 0.5) is 0 Å². The molecule has 0 aromatic heterocycles. The summed E-state index contributed by atoms with van der Waals surface area (Å²) in [5.74, 6) is -0.234. The number of esters is 1. The highest BCUT2D eigenvalue weighted by Gasteiger charge is 2.31. The van der Waals surface area contributed by atoms with Crippen molar-refractivity contribution >= 4 is 5.97 Å². The second-order valence-corrected chi connectivity index (χ2v) is 3.45. The topological polar surface area (TPSA) is 61.5 Å². The SMILES string of the molecule is CCOCCOC(=O)C(C)(CC)CN. The maximum Gasteiger partial charge on any atom is 0.313 e. The van der Waals surface area contributed by atoms with Crippen molar-refractivity contribution < 1.29 is 14.3 Å². The zero-order chi connectivity index (χ0) is 11.0. The normalized spacial score (nSPS) is 14.9. The third-order valence-corrected chi connectivity index (χ3v) is 2.39. The molecule has 0 aliphatic carbocycles. The fourth-order valence-electron chi connectivity index (χ4n) is 0.884. The average Bonchev–Trinajstić information content (AvgIpc) is 2.22. The first-order valence-corrected chi connectivity index (χ1v) is 5.05. The number of rotatable bonds is 7. The molecule has 4 nitrogen and oxygen atoms in total. The second kappa shape index (κ2) is 6.79. The molecule has 14 heavy (non-hydrogen) atoms. The first kappa shape index (κ1) is 13.4. The Morgan fingerprint density at radius 2 is 2.00 bits per heavy atom. The van der Waals surface area contributed by atoms with E-state index in [1.54, 1.807) is 0 Å². The molecule has 0 radical (unpaired) electrons. The van der Waals surface area contributed by atoms with Crippen molar-refractivity contribution in [3.05, 3.63) is 0 Å². The van der Waals surface area contributed by atoms with E-state index in [1.807, 2.05) is 20.8 Å². The molecular weight excluding hydrogens is 182 g/mol. The molecule has 1 unspecified atom stereocenters. The lowest BCUT2D eigenvalue weighted by molar-refractivity contribution is -0.156. The van der Waals surface area contributed by atoms with Gasteiger partial charge >= 0.3 is 5.97 Å². The van der Waals surface area contributed by atoms with Gasteiger partial charge in [0.15, 0.2) is 0 Å². The fourth-order valence-corrected chi connectivity index (χ4v) is 0.884. The standard InChI is InChI=1S/C10H21NO3/c1-4-10(3,8-11)9(12)14-7-6-13-5-2/h4-8,11H2,1-3H3. The van der Waals surface area contributed by atoms with Gasteiger partial charge in [0, 0.05) is 13.2 Å². The van der Waals surface area contributed by atoms with Gasteiger partial charge < -0.3 is 15.2 Å². The van der Waals surface area contributed by atoms with Crippen molar-refractivity contribution in [2.45, 2.75) is 27.2 Å². The molecule has 0 aromatic rings. The van der Waals surface area contributed by atoms with Crippen LogP contribution in [0.15, 0.2) is 0 Å². The van der Waals surface area contributed by atoms with E-state index in [0.717, 1.165) is 0 Å². The van der Waals surface area contributed by atoms with Gasteiger partial charge in [-0.05, 0) is 20.3 Å². The predicted octanol–water partition coefficient (Wildman–Crippen LogP) is 0.941. The zero-order valence-electron chi connectivity index (χ0n) is 9.34. The molecule has 0 rings (SSSR count). The Hall–Kier alpha value is -0.610. The maximum absolute atomic E-state index is 11.5. The highest BCUT2D eigenvalue weighted by molar-refractivity contribution is 5.76. The van der Waals surface area contributed by atoms with Crippen molar-refractivity contribution in [2.24, 2.45) is 11.1 Å². The van der Waals surface area contributed by atoms with Gasteiger partial charge in [0.2, 0.25) is 0 Å². The van der Waals surface area contributed by atoms with Gasteiger partial charge in [-0.2, -0.15) is 0 Å². The lowest BCUT2D eigenvalue weighted by Gasteiger charge is -2.23. The van der Waals surface area contributed by atoms with Crippen LogP contribution in [0.2, 0.25) is 0 Å². The van der Waals surface area contributed by atoms with Crippen molar-refractivity contribution in [1.82, 2.24) is 0 Å². The van der Waals surface area contributed by atoms with E-state index < -0.39 is 5.41 Å². The van der Waals surface area contributed by atoms with Crippen molar-refractivity contribution in [2.75, 3.05) is 26.4 Å². The molecular formula is C10H21NO3. The third-order valence-electron chi connectivity index (χ3n) is 2.39. The molecule has 0 saturated heterocycles. The highest BCUT2D eigenvalue weighted by Crippen LogP contribution is 2.20. The summed E-state index contributed by atoms with van der Waals surface area (Å²) in [5, 5.41) is 0. The van der Waals surface area contributed by atoms with Crippen LogP contribution in [0.5, 0.6) is 0 Å². The quantitative estimate of drug-likeness (QED) is 0.494. The van der Waals surface area contributed by atoms with E-state index in [0.29, 0.717) is 32.8 Å². The number of carbonyl (C=O) groups is 1. The molecule has 0 spiro atoms. The van der Waals surface area contributed by atoms with Crippen LogP contribution in [0.3, 0.4) is 0 Å². The van der Waals surface area contributed by atoms with Crippen LogP contribution < -0.4 is 5.73 Å². The van der Waals surface area contributed by atoms with Crippen molar-refractivity contribution in [3.63, 3.8) is 0 Å². The van der Waals surface area contributed by atoms with Crippen LogP contribution in [-0.2, 0) is 14.3 Å². The Bertz CT molecular complexity index is 167. The number of hydrogen-bond donors (Lipinski definition) is 1. The average molecular weight is 203 g/mol. The Morgan fingerprint density at radius 1 is 1.36 bits per heavy atom. The Balaban J connectivity index is 3.82. The molecule has 0 fully saturated rings. The molecule has 84 valence electrons. The molecule has 0 aliphatic rings. The monoisotopic (exact) mass is 203 g/mol. The second-order valence-electron chi connectivity index (χ2n) is 3.45. The van der Waals surface area contributed by atoms with E-state index >= 15 is 0 Å². The molecule has 4 heteroatoms. The summed E-state index contributed by atoms with van der Waals surface area (Å²) in [6, 6.07) is 0. The number of hydrogen-bond acceptors (Lipinski definition) is 4. The summed E-state index contributed by atoms with van der Waals surface area (Å²) in [6.45, 7) is 7.36. The summed E-state index contributed by atoms with van der Waals surface area (Å²) in [6.07, 6.45) is 0.691. The Kier molecular flexibility index (Phi) is 6.49. The summed E-state index contributed by atoms with van der Waals surface area (Å²) < 4.78 is 10.1. The number of carbonyl (C=O) groups excluding carboxylic acids is 1. The molecule has 0 heterocycles. The van der Waals surface area contributed by atoms with Gasteiger partial charge in [-0.3, -0.25) is 4.79 Å². The third kappa shape index (κ3) is 4.07. The van der Waals surface area contributed by atoms with Gasteiger partial charge in [0.25, 0.3) is 0 Å². The molecule has 1 atom stereocenters. The van der Waals surface area contributed by atoms with Gasteiger partial charge in [-0.25, -0.2) is 0 Å². The molecule has 0 saturated carbocycles. The Morgan fingerprint density at radius 3 is 2.43 bits per heavy atom. The summed E-state index contributed by atoms with van der Waals surface area (Å²) >= 11 is 0. The molecule has 0 bridgehead atoms. The zero-order valence-corrected chi connectivity index (χ0v) is 9.34. The van der Waals surface area contributed by atoms with Crippen LogP contribution in [0.25, 0.3) is 0 Å². The molecule has 0 aromatic carbocycles. The number of ether oxygens (including phenoxy) is 2. The Labute approximate surface area is 85.8 Å². The van der Waals surface area contributed by atoms with Crippen LogP contribution in [-0.4, -0.2) is 32.3 Å². The predicted molar refractivity (Wildman–Crippen MR) is 54.9 cm³/mol. The van der Waals surface area contributed by atoms with Crippen LogP contribution in [0.1, 0.15) is 27.2 Å². The van der Waals surface area contributed by atoms with Gasteiger partial charge in [0.05, 0.1) is 12.0 Å². The van der Waals surface area contributed by atoms with Crippen molar-refractivity contribution in [1.29, 1.82) is 0 Å². The summed E-state index contributed by atoms with van der Waals surface area (Å²) in [4.78, 5) is 11.5. The lowest BCUT2D eigenvalue weighted by atomic mass is 9.88. The summed E-state index contributed by atoms with van der Waals surface area (Å²) in [7, 11) is 0. The minimum Gasteiger partial charge on any atom is -0.463 e. The van der Waals surface area contributed by atoms with Gasteiger partial charge in [-0.15, -0.1) is 0 Å². The van der Waals surface area contributed by atoms with E-state index in [9.17, 15) is 4.79 Å². The smallest absolute Gasteiger partial charge is 0.313 e. The van der Waals surface area contributed by atoms with Gasteiger partial charge in [-0.1, -0.05) is 6.92 Å². The van der Waals surface area contributed by atoms with Crippen LogP contribution in [0, 0.1) is 5.41 Å². The highest BCUT2D eigenvalue weighted by atomic mass is 16.6. The van der Waals surface area contributed by atoms with Crippen LogP contribution >= 0.6 is 0 Å². The van der Waals surface area contributed by atoms with E-state index in [4.69, 9.17) is 15.2 Å². The van der Waals surface area contributed by atoms with Gasteiger partial charge in [0.1, 0.15) is 6.61 Å². The first-order chi connectivity index (χ1) is 6.60. The molecule has 0 amide bonds. The fraction of sp³-hybridized carbons (Fsp3) is 0.900. The largest absolute Gasteiger partial charge is 0.463 e. The van der Waals surface area contributed by atoms with Crippen molar-refractivity contribution in [3.8, 4) is 0 Å². The van der Waals surface area contributed by atoms with E-state index in [-0.39, 0.29) is 5.97 Å². The maximum atomic E-state index is 11.5. The first-order valence-electron chi connectivity index (χ1n) is 5.05. The lowest BCUT2D eigenvalue weighted by Crippen LogP contribution is -2.37. The summed E-state index contributed by atoms with van der Waals surface area (Å²) in [5.41, 5.74) is 4.97. The van der Waals surface area contributed by atoms with E-state index in [2.05, 4.69) is 0 Å².